The minimum Gasteiger partial charge on any atom is -0.377 e. The highest BCUT2D eigenvalue weighted by molar-refractivity contribution is 5.85. The third kappa shape index (κ3) is 5.58. The molecule has 1 N–H and O–H groups in total. The highest BCUT2D eigenvalue weighted by Crippen LogP contribution is 2.32. The molecule has 0 fully saturated rings. The van der Waals surface area contributed by atoms with E-state index < -0.39 is 11.7 Å². The van der Waals surface area contributed by atoms with E-state index in [1.807, 2.05) is 12.1 Å². The number of alkyl halides is 3. The number of nitrogens with one attached hydrogen (secondary N) is 1. The molecule has 0 saturated heterocycles. The van der Waals surface area contributed by atoms with Gasteiger partial charge >= 0.3 is 6.18 Å². The second kappa shape index (κ2) is 9.42. The van der Waals surface area contributed by atoms with Crippen LogP contribution in [0.1, 0.15) is 36.1 Å². The summed E-state index contributed by atoms with van der Waals surface area (Å²) in [6, 6.07) is 20.2. The van der Waals surface area contributed by atoms with Crippen molar-refractivity contribution < 1.29 is 17.9 Å². The molecular weight excluding hydrogens is 375 g/mol. The predicted octanol–water partition coefficient (Wildman–Crippen LogP) is 6.16. The van der Waals surface area contributed by atoms with E-state index in [-0.39, 0.29) is 12.1 Å². The smallest absolute Gasteiger partial charge is 0.377 e. The fourth-order valence-corrected chi connectivity index (χ4v) is 3.67. The number of benzene rings is 3. The van der Waals surface area contributed by atoms with Crippen LogP contribution in [0.3, 0.4) is 0 Å². The van der Waals surface area contributed by atoms with Crippen molar-refractivity contribution in [1.29, 1.82) is 0 Å². The summed E-state index contributed by atoms with van der Waals surface area (Å²) in [5.74, 6) is 0. The lowest BCUT2D eigenvalue weighted by molar-refractivity contribution is -0.137. The Balaban J connectivity index is 1.58. The standard InChI is InChI=1S/C24H26F3NO/c1-17(15-19-9-5-8-18-7-3-4-12-22(18)19)28-14-13-23(29-2)20-10-6-11-21(16-20)24(25,26)27/h3-12,16-17,23,28H,13-15H2,1-2H3/t17-,23?/m1/s1. The highest BCUT2D eigenvalue weighted by Gasteiger charge is 2.31. The number of fused-ring (bicyclic) bond motifs is 1. The van der Waals surface area contributed by atoms with Gasteiger partial charge in [-0.15, -0.1) is 0 Å². The molecule has 1 unspecified atom stereocenters. The quantitative estimate of drug-likeness (QED) is 0.488. The summed E-state index contributed by atoms with van der Waals surface area (Å²) in [7, 11) is 1.53. The number of ether oxygens (including phenoxy) is 1. The van der Waals surface area contributed by atoms with Gasteiger partial charge in [-0.25, -0.2) is 0 Å². The fourth-order valence-electron chi connectivity index (χ4n) is 3.67. The minimum atomic E-state index is -4.35. The molecule has 0 aromatic heterocycles. The molecule has 3 aromatic carbocycles. The topological polar surface area (TPSA) is 21.3 Å². The van der Waals surface area contributed by atoms with Gasteiger partial charge in [-0.1, -0.05) is 54.6 Å². The van der Waals surface area contributed by atoms with Gasteiger partial charge in [0.1, 0.15) is 0 Å². The number of methoxy groups -OCH3 is 1. The largest absolute Gasteiger partial charge is 0.416 e. The van der Waals surface area contributed by atoms with Crippen molar-refractivity contribution in [3.63, 3.8) is 0 Å². The molecule has 29 heavy (non-hydrogen) atoms. The van der Waals surface area contributed by atoms with Crippen LogP contribution in [0.2, 0.25) is 0 Å². The van der Waals surface area contributed by atoms with E-state index in [0.29, 0.717) is 18.5 Å². The normalized spacial score (nSPS) is 14.1. The Morgan fingerprint density at radius 1 is 0.966 bits per heavy atom. The van der Waals surface area contributed by atoms with Crippen LogP contribution in [0.4, 0.5) is 13.2 Å². The first-order valence-corrected chi connectivity index (χ1v) is 9.78. The summed E-state index contributed by atoms with van der Waals surface area (Å²) >= 11 is 0. The summed E-state index contributed by atoms with van der Waals surface area (Å²) in [6.07, 6.45) is -3.26. The SMILES string of the molecule is COC(CCN[C@H](C)Cc1cccc2ccccc12)c1cccc(C(F)(F)F)c1. The van der Waals surface area contributed by atoms with Crippen LogP contribution in [-0.4, -0.2) is 19.7 Å². The van der Waals surface area contributed by atoms with Crippen LogP contribution in [0.5, 0.6) is 0 Å². The van der Waals surface area contributed by atoms with Gasteiger partial charge in [0, 0.05) is 13.2 Å². The second-order valence-electron chi connectivity index (χ2n) is 7.33. The molecule has 0 saturated carbocycles. The summed E-state index contributed by atoms with van der Waals surface area (Å²) in [4.78, 5) is 0. The summed E-state index contributed by atoms with van der Waals surface area (Å²) in [5, 5.41) is 5.95. The van der Waals surface area contributed by atoms with Gasteiger partial charge in [0.05, 0.1) is 11.7 Å². The number of hydrogen-bond donors (Lipinski definition) is 1. The van der Waals surface area contributed by atoms with Gasteiger partial charge in [0.2, 0.25) is 0 Å². The lowest BCUT2D eigenvalue weighted by atomic mass is 9.99. The fraction of sp³-hybridized carbons (Fsp3) is 0.333. The lowest BCUT2D eigenvalue weighted by Crippen LogP contribution is -2.30. The average Bonchev–Trinajstić information content (AvgIpc) is 2.71. The van der Waals surface area contributed by atoms with Crippen LogP contribution in [0.15, 0.2) is 66.7 Å². The molecule has 0 aliphatic heterocycles. The van der Waals surface area contributed by atoms with Crippen molar-refractivity contribution in [2.75, 3.05) is 13.7 Å². The predicted molar refractivity (Wildman–Crippen MR) is 111 cm³/mol. The van der Waals surface area contributed by atoms with Crippen LogP contribution < -0.4 is 5.32 Å². The molecule has 0 aliphatic rings. The van der Waals surface area contributed by atoms with Gasteiger partial charge in [-0.05, 0) is 60.3 Å². The molecule has 0 spiro atoms. The number of hydrogen-bond acceptors (Lipinski definition) is 2. The molecule has 2 atom stereocenters. The Kier molecular flexibility index (Phi) is 6.93. The molecule has 3 rings (SSSR count). The van der Waals surface area contributed by atoms with Crippen molar-refractivity contribution >= 4 is 10.8 Å². The van der Waals surface area contributed by atoms with Gasteiger partial charge in [0.15, 0.2) is 0 Å². The van der Waals surface area contributed by atoms with E-state index in [1.54, 1.807) is 6.07 Å². The van der Waals surface area contributed by atoms with E-state index in [1.165, 1.54) is 35.6 Å². The Morgan fingerprint density at radius 2 is 1.69 bits per heavy atom. The molecule has 0 bridgehead atoms. The Labute approximate surface area is 169 Å². The Bertz CT molecular complexity index is 933. The summed E-state index contributed by atoms with van der Waals surface area (Å²) < 4.78 is 44.3. The molecule has 0 radical (unpaired) electrons. The first kappa shape index (κ1) is 21.3. The van der Waals surface area contributed by atoms with Crippen LogP contribution in [-0.2, 0) is 17.3 Å². The maximum absolute atomic E-state index is 13.0. The van der Waals surface area contributed by atoms with Gasteiger partial charge in [-0.2, -0.15) is 13.2 Å². The van der Waals surface area contributed by atoms with E-state index >= 15 is 0 Å². The molecule has 3 aromatic rings. The molecular formula is C24H26F3NO. The van der Waals surface area contributed by atoms with Gasteiger partial charge in [0.25, 0.3) is 0 Å². The first-order chi connectivity index (χ1) is 13.9. The number of halogens is 3. The molecule has 2 nitrogen and oxygen atoms in total. The van der Waals surface area contributed by atoms with Gasteiger partial charge in [-0.3, -0.25) is 0 Å². The lowest BCUT2D eigenvalue weighted by Gasteiger charge is -2.20. The zero-order valence-corrected chi connectivity index (χ0v) is 16.7. The van der Waals surface area contributed by atoms with Crippen molar-refractivity contribution in [2.24, 2.45) is 0 Å². The third-order valence-electron chi connectivity index (χ3n) is 5.18. The zero-order valence-electron chi connectivity index (χ0n) is 16.7. The number of rotatable bonds is 8. The van der Waals surface area contributed by atoms with Crippen LogP contribution >= 0.6 is 0 Å². The van der Waals surface area contributed by atoms with Crippen molar-refractivity contribution in [3.05, 3.63) is 83.4 Å². The van der Waals surface area contributed by atoms with Crippen LogP contribution in [0.25, 0.3) is 10.8 Å². The highest BCUT2D eigenvalue weighted by atomic mass is 19.4. The van der Waals surface area contributed by atoms with E-state index in [0.717, 1.165) is 12.5 Å². The van der Waals surface area contributed by atoms with E-state index in [9.17, 15) is 13.2 Å². The van der Waals surface area contributed by atoms with Crippen molar-refractivity contribution in [3.8, 4) is 0 Å². The molecule has 154 valence electrons. The van der Waals surface area contributed by atoms with E-state index in [4.69, 9.17) is 4.74 Å². The van der Waals surface area contributed by atoms with Gasteiger partial charge < -0.3 is 10.1 Å². The van der Waals surface area contributed by atoms with Crippen molar-refractivity contribution in [2.45, 2.75) is 38.1 Å². The Morgan fingerprint density at radius 3 is 2.45 bits per heavy atom. The van der Waals surface area contributed by atoms with E-state index in [2.05, 4.69) is 42.6 Å². The molecule has 0 amide bonds. The second-order valence-corrected chi connectivity index (χ2v) is 7.33. The molecule has 0 aliphatic carbocycles. The molecule has 5 heteroatoms. The average molecular weight is 401 g/mol. The van der Waals surface area contributed by atoms with Crippen LogP contribution in [0, 0.1) is 0 Å². The molecule has 0 heterocycles. The zero-order chi connectivity index (χ0) is 20.9. The minimum absolute atomic E-state index is 0.236. The maximum Gasteiger partial charge on any atom is 0.416 e. The third-order valence-corrected chi connectivity index (χ3v) is 5.18. The maximum atomic E-state index is 13.0. The summed E-state index contributed by atoms with van der Waals surface area (Å²) in [5.41, 5.74) is 1.18. The Hall–Kier alpha value is -2.37. The first-order valence-electron chi connectivity index (χ1n) is 9.78. The van der Waals surface area contributed by atoms with Crippen molar-refractivity contribution in [1.82, 2.24) is 5.32 Å². The summed E-state index contributed by atoms with van der Waals surface area (Å²) in [6.45, 7) is 2.77. The monoisotopic (exact) mass is 401 g/mol.